The van der Waals surface area contributed by atoms with Crippen LogP contribution in [-0.2, 0) is 17.9 Å². The zero-order chi connectivity index (χ0) is 28.4. The summed E-state index contributed by atoms with van der Waals surface area (Å²) in [6.07, 6.45) is 5.42. The summed E-state index contributed by atoms with van der Waals surface area (Å²) in [5, 5.41) is 17.8. The number of fused-ring (bicyclic) bond motifs is 4. The number of nitrogens with zero attached hydrogens (tertiary/aromatic N) is 5. The van der Waals surface area contributed by atoms with Gasteiger partial charge >= 0.3 is 5.97 Å². The van der Waals surface area contributed by atoms with E-state index in [0.29, 0.717) is 22.5 Å². The van der Waals surface area contributed by atoms with Crippen molar-refractivity contribution in [2.45, 2.75) is 76.2 Å². The summed E-state index contributed by atoms with van der Waals surface area (Å²) in [7, 11) is 1.82. The molecule has 0 aliphatic heterocycles. The topological polar surface area (TPSA) is 136 Å². The molecule has 3 heterocycles. The highest BCUT2D eigenvalue weighted by atomic mass is 35.5. The van der Waals surface area contributed by atoms with Gasteiger partial charge in [0.1, 0.15) is 11.0 Å². The Morgan fingerprint density at radius 1 is 1.07 bits per heavy atom. The minimum absolute atomic E-state index is 0.0790. The van der Waals surface area contributed by atoms with Gasteiger partial charge in [0.2, 0.25) is 5.89 Å². The van der Waals surface area contributed by atoms with Gasteiger partial charge in [0.05, 0.1) is 22.6 Å². The fourth-order valence-electron chi connectivity index (χ4n) is 6.75. The molecule has 3 aliphatic rings. The van der Waals surface area contributed by atoms with Crippen molar-refractivity contribution >= 4 is 34.2 Å². The third kappa shape index (κ3) is 4.16. The van der Waals surface area contributed by atoms with E-state index in [1.165, 1.54) is 0 Å². The van der Waals surface area contributed by atoms with E-state index in [2.05, 4.69) is 20.4 Å². The highest BCUT2D eigenvalue weighted by Gasteiger charge is 2.53. The van der Waals surface area contributed by atoms with Crippen LogP contribution in [0.2, 0.25) is 5.15 Å². The van der Waals surface area contributed by atoms with Crippen molar-refractivity contribution in [2.75, 3.05) is 5.32 Å². The lowest BCUT2D eigenvalue weighted by molar-refractivity contribution is 0.0691. The fraction of sp³-hybridized carbons (Fsp3) is 0.448. The van der Waals surface area contributed by atoms with Gasteiger partial charge in [0, 0.05) is 30.4 Å². The summed E-state index contributed by atoms with van der Waals surface area (Å²) in [6.45, 7) is 5.68. The maximum atomic E-state index is 13.8. The Bertz CT molecular complexity index is 1700. The molecule has 2 bridgehead atoms. The van der Waals surface area contributed by atoms with Crippen LogP contribution >= 0.6 is 11.6 Å². The smallest absolute Gasteiger partial charge is 0.356 e. The molecule has 0 unspecified atom stereocenters. The SMILES string of the molecule is Cc1cc([C@@H](C)Nc2ccc(Cl)nc2C(=O)O)c2nc(C34CCC(c5noc(C)n5)(CC3)CC4)n(C)c(=O)c2c1. The van der Waals surface area contributed by atoms with Gasteiger partial charge in [0.25, 0.3) is 5.56 Å². The molecular formula is C29H31ClN6O4. The van der Waals surface area contributed by atoms with E-state index in [-0.39, 0.29) is 33.3 Å². The minimum Gasteiger partial charge on any atom is -0.476 e. The summed E-state index contributed by atoms with van der Waals surface area (Å²) in [5.41, 5.74) is 2.18. The van der Waals surface area contributed by atoms with Crippen LogP contribution in [0, 0.1) is 13.8 Å². The van der Waals surface area contributed by atoms with Gasteiger partial charge < -0.3 is 14.9 Å². The molecule has 10 nitrogen and oxygen atoms in total. The normalized spacial score (nSPS) is 22.9. The quantitative estimate of drug-likeness (QED) is 0.296. The molecule has 40 heavy (non-hydrogen) atoms. The van der Waals surface area contributed by atoms with E-state index >= 15 is 0 Å². The average molecular weight is 563 g/mol. The number of aryl methyl sites for hydroxylation is 2. The van der Waals surface area contributed by atoms with Crippen LogP contribution in [-0.4, -0.2) is 35.8 Å². The first-order chi connectivity index (χ1) is 19.0. The van der Waals surface area contributed by atoms with Gasteiger partial charge in [-0.15, -0.1) is 0 Å². The average Bonchev–Trinajstić information content (AvgIpc) is 3.39. The zero-order valence-corrected chi connectivity index (χ0v) is 23.7. The Balaban J connectivity index is 1.41. The fourth-order valence-corrected chi connectivity index (χ4v) is 6.90. The number of aromatic nitrogens is 5. The van der Waals surface area contributed by atoms with Crippen LogP contribution in [0.15, 0.2) is 33.6 Å². The lowest BCUT2D eigenvalue weighted by Gasteiger charge is -2.51. The molecule has 208 valence electrons. The van der Waals surface area contributed by atoms with Crippen LogP contribution in [0.5, 0.6) is 0 Å². The number of hydrogen-bond acceptors (Lipinski definition) is 8. The molecule has 0 saturated heterocycles. The molecule has 3 aromatic heterocycles. The molecule has 0 radical (unpaired) electrons. The molecule has 2 N–H and O–H groups in total. The predicted octanol–water partition coefficient (Wildman–Crippen LogP) is 5.40. The van der Waals surface area contributed by atoms with Crippen LogP contribution in [0.1, 0.15) is 90.6 Å². The van der Waals surface area contributed by atoms with Gasteiger partial charge in [0.15, 0.2) is 11.5 Å². The Labute approximate surface area is 235 Å². The van der Waals surface area contributed by atoms with E-state index < -0.39 is 5.97 Å². The van der Waals surface area contributed by atoms with Crippen LogP contribution in [0.25, 0.3) is 10.9 Å². The summed E-state index contributed by atoms with van der Waals surface area (Å²) >= 11 is 5.95. The number of carboxylic acids is 1. The summed E-state index contributed by atoms with van der Waals surface area (Å²) in [6, 6.07) is 6.67. The van der Waals surface area contributed by atoms with E-state index in [9.17, 15) is 14.7 Å². The number of carbonyl (C=O) groups is 1. The van der Waals surface area contributed by atoms with Gasteiger partial charge in [-0.05, 0) is 76.1 Å². The largest absolute Gasteiger partial charge is 0.476 e. The second-order valence-electron chi connectivity index (χ2n) is 11.4. The number of aromatic carboxylic acids is 1. The monoisotopic (exact) mass is 562 g/mol. The number of nitrogens with one attached hydrogen (secondary N) is 1. The number of benzene rings is 1. The van der Waals surface area contributed by atoms with Crippen molar-refractivity contribution in [1.29, 1.82) is 0 Å². The molecule has 1 atom stereocenters. The zero-order valence-electron chi connectivity index (χ0n) is 22.9. The standard InChI is InChI=1S/C29H31ClN6O4/c1-15-13-18(16(2)31-20-5-6-21(30)33-23(20)25(38)39)22-19(14-15)24(37)36(4)27(34-22)29-10-7-28(8-11-29,9-12-29)26-32-17(3)40-35-26/h5-6,13-14,16,31H,7-12H2,1-4H3,(H,38,39)/t16-,28?,29?/m1/s1. The van der Waals surface area contributed by atoms with Crippen LogP contribution in [0.3, 0.4) is 0 Å². The molecule has 3 saturated carbocycles. The van der Waals surface area contributed by atoms with Crippen molar-refractivity contribution in [3.8, 4) is 0 Å². The summed E-state index contributed by atoms with van der Waals surface area (Å²) in [5.74, 6) is 1.01. The maximum Gasteiger partial charge on any atom is 0.356 e. The Kier molecular flexibility index (Phi) is 6.21. The molecule has 11 heteroatoms. The third-order valence-electron chi connectivity index (χ3n) is 8.98. The van der Waals surface area contributed by atoms with Gasteiger partial charge in [-0.2, -0.15) is 4.98 Å². The Morgan fingerprint density at radius 3 is 2.38 bits per heavy atom. The lowest BCUT2D eigenvalue weighted by atomic mass is 9.53. The predicted molar refractivity (Wildman–Crippen MR) is 150 cm³/mol. The van der Waals surface area contributed by atoms with Crippen molar-refractivity contribution in [2.24, 2.45) is 7.05 Å². The third-order valence-corrected chi connectivity index (χ3v) is 9.19. The summed E-state index contributed by atoms with van der Waals surface area (Å²) < 4.78 is 7.03. The minimum atomic E-state index is -1.18. The molecule has 0 spiro atoms. The first-order valence-corrected chi connectivity index (χ1v) is 13.9. The number of anilines is 1. The van der Waals surface area contributed by atoms with E-state index in [0.717, 1.165) is 61.3 Å². The number of hydrogen-bond donors (Lipinski definition) is 2. The van der Waals surface area contributed by atoms with Gasteiger partial charge in [-0.25, -0.2) is 14.8 Å². The van der Waals surface area contributed by atoms with Gasteiger partial charge in [-0.1, -0.05) is 22.8 Å². The number of carboxylic acid groups (broad SMARTS) is 1. The lowest BCUT2D eigenvalue weighted by Crippen LogP contribution is -2.49. The molecule has 3 fully saturated rings. The molecular weight excluding hydrogens is 532 g/mol. The molecule has 0 amide bonds. The number of pyridine rings is 1. The van der Waals surface area contributed by atoms with Gasteiger partial charge in [-0.3, -0.25) is 9.36 Å². The second kappa shape index (κ2) is 9.40. The van der Waals surface area contributed by atoms with E-state index in [1.54, 1.807) is 16.7 Å². The second-order valence-corrected chi connectivity index (χ2v) is 11.8. The first kappa shape index (κ1) is 26.4. The van der Waals surface area contributed by atoms with Crippen LogP contribution in [0.4, 0.5) is 5.69 Å². The van der Waals surface area contributed by atoms with Crippen molar-refractivity contribution in [1.82, 2.24) is 24.7 Å². The molecule has 3 aliphatic carbocycles. The highest BCUT2D eigenvalue weighted by Crippen LogP contribution is 2.57. The summed E-state index contributed by atoms with van der Waals surface area (Å²) in [4.78, 5) is 39.4. The van der Waals surface area contributed by atoms with Crippen molar-refractivity contribution in [3.63, 3.8) is 0 Å². The van der Waals surface area contributed by atoms with Crippen molar-refractivity contribution < 1.29 is 14.4 Å². The molecule has 1 aromatic carbocycles. The number of halogens is 1. The number of rotatable bonds is 6. The van der Waals surface area contributed by atoms with Crippen LogP contribution < -0.4 is 10.9 Å². The Morgan fingerprint density at radius 2 is 1.75 bits per heavy atom. The first-order valence-electron chi connectivity index (χ1n) is 13.5. The molecule has 4 aromatic rings. The van der Waals surface area contributed by atoms with E-state index in [1.807, 2.05) is 40.0 Å². The highest BCUT2D eigenvalue weighted by molar-refractivity contribution is 6.29. The maximum absolute atomic E-state index is 13.8. The van der Waals surface area contributed by atoms with E-state index in [4.69, 9.17) is 21.1 Å². The Hall–Kier alpha value is -3.79. The molecule has 7 rings (SSSR count). The van der Waals surface area contributed by atoms with Crippen molar-refractivity contribution in [3.05, 3.63) is 74.1 Å².